The van der Waals surface area contributed by atoms with Crippen LogP contribution < -0.4 is 21.7 Å². The van der Waals surface area contributed by atoms with E-state index in [2.05, 4.69) is 117 Å². The van der Waals surface area contributed by atoms with Gasteiger partial charge in [-0.3, -0.25) is 44.4 Å². The molecule has 0 spiro atoms. The van der Waals surface area contributed by atoms with Gasteiger partial charge in [0, 0.05) is 84.5 Å². The second-order valence-corrected chi connectivity index (χ2v) is 21.3. The van der Waals surface area contributed by atoms with Crippen molar-refractivity contribution in [1.82, 2.24) is 26.7 Å². The molecule has 0 radical (unpaired) electrons. The number of hydrogen-bond acceptors (Lipinski definition) is 17. The minimum absolute atomic E-state index is 0.0125. The molecule has 27 heteroatoms. The Bertz CT molecular complexity index is 4160. The van der Waals surface area contributed by atoms with Gasteiger partial charge >= 0.3 is 0 Å². The number of nitrogens with zero attached hydrogens (tertiary/aromatic N) is 7. The zero-order valence-electron chi connectivity index (χ0n) is 45.8. The summed E-state index contributed by atoms with van der Waals surface area (Å²) in [6, 6.07) is 45.4. The summed E-state index contributed by atoms with van der Waals surface area (Å²) in [6.45, 7) is 3.62. The highest BCUT2D eigenvalue weighted by Gasteiger charge is 2.13. The van der Waals surface area contributed by atoms with E-state index in [0.717, 1.165) is 19.7 Å². The molecule has 0 aliphatic carbocycles. The molecular formula is C62H47Br4N11O12. The van der Waals surface area contributed by atoms with Gasteiger partial charge in [-0.15, -0.1) is 6.58 Å². The van der Waals surface area contributed by atoms with E-state index in [-0.39, 0.29) is 57.3 Å². The summed E-state index contributed by atoms with van der Waals surface area (Å²) in [4.78, 5) is 71.2. The van der Waals surface area contributed by atoms with Crippen molar-refractivity contribution in [2.45, 2.75) is 6.42 Å². The van der Waals surface area contributed by atoms with Crippen LogP contribution in [0.1, 0.15) is 69.2 Å². The molecule has 0 bridgehead atoms. The maximum atomic E-state index is 11.9. The van der Waals surface area contributed by atoms with Gasteiger partial charge in [-0.05, 0) is 140 Å². The Morgan fingerprint density at radius 2 is 0.944 bits per heavy atom. The molecule has 1 heterocycles. The zero-order valence-corrected chi connectivity index (χ0v) is 52.2. The number of rotatable bonds is 16. The van der Waals surface area contributed by atoms with E-state index in [1.54, 1.807) is 97.2 Å². The zero-order chi connectivity index (χ0) is 64.4. The minimum Gasteiger partial charge on any atom is -0.507 e. The van der Waals surface area contributed by atoms with Gasteiger partial charge in [0.1, 0.15) is 23.0 Å². The molecule has 4 amide bonds. The topological polar surface area (TPSA) is 346 Å². The van der Waals surface area contributed by atoms with Crippen molar-refractivity contribution in [3.63, 3.8) is 0 Å². The molecule has 8 aromatic carbocycles. The number of hydrazone groups is 4. The average Bonchev–Trinajstić information content (AvgIpc) is 3.55. The number of nitro benzene ring substituents is 2. The Labute approximate surface area is 539 Å². The van der Waals surface area contributed by atoms with Crippen molar-refractivity contribution >= 4 is 134 Å². The molecule has 0 aliphatic heterocycles. The van der Waals surface area contributed by atoms with Crippen LogP contribution in [0.2, 0.25) is 0 Å². The molecule has 9 aromatic rings. The van der Waals surface area contributed by atoms with Gasteiger partial charge in [0.2, 0.25) is 0 Å². The number of allylic oxidation sites excluding steroid dienone is 1. The third kappa shape index (κ3) is 20.5. The molecular weight excluding hydrogens is 1410 g/mol. The molecule has 8 N–H and O–H groups in total. The summed E-state index contributed by atoms with van der Waals surface area (Å²) < 4.78 is 2.52. The van der Waals surface area contributed by atoms with Gasteiger partial charge in [-0.1, -0.05) is 98.6 Å². The predicted octanol–water partition coefficient (Wildman–Crippen LogP) is 12.8. The van der Waals surface area contributed by atoms with Crippen LogP contribution in [0.25, 0.3) is 10.8 Å². The number of benzene rings is 8. The quantitative estimate of drug-likeness (QED) is 0.0193. The molecule has 0 atom stereocenters. The molecule has 0 saturated heterocycles. The van der Waals surface area contributed by atoms with Gasteiger partial charge in [0.25, 0.3) is 35.0 Å². The molecule has 9 rings (SSSR count). The van der Waals surface area contributed by atoms with Gasteiger partial charge in [0.15, 0.2) is 0 Å². The molecule has 0 unspecified atom stereocenters. The number of pyridine rings is 1. The first-order valence-electron chi connectivity index (χ1n) is 25.5. The monoisotopic (exact) mass is 1450 g/mol. The number of para-hydroxylation sites is 1. The summed E-state index contributed by atoms with van der Waals surface area (Å²) in [5.41, 5.74) is 13.2. The molecule has 23 nitrogen and oxygen atoms in total. The van der Waals surface area contributed by atoms with Gasteiger partial charge in [-0.2, -0.15) is 20.4 Å². The lowest BCUT2D eigenvalue weighted by Crippen LogP contribution is -2.17. The number of carbonyl (C=O) groups excluding carboxylic acids is 4. The Balaban J connectivity index is 0.000000189. The van der Waals surface area contributed by atoms with E-state index in [0.29, 0.717) is 54.3 Å². The molecule has 0 saturated carbocycles. The van der Waals surface area contributed by atoms with Crippen molar-refractivity contribution in [2.24, 2.45) is 20.4 Å². The van der Waals surface area contributed by atoms with Crippen LogP contribution in [-0.4, -0.2) is 83.7 Å². The van der Waals surface area contributed by atoms with Crippen molar-refractivity contribution < 1.29 is 49.5 Å². The maximum Gasteiger partial charge on any atom is 0.272 e. The van der Waals surface area contributed by atoms with Crippen molar-refractivity contribution in [3.05, 3.63) is 283 Å². The van der Waals surface area contributed by atoms with E-state index in [4.69, 9.17) is 0 Å². The predicted molar refractivity (Wildman–Crippen MR) is 352 cm³/mol. The van der Waals surface area contributed by atoms with Crippen molar-refractivity contribution in [1.29, 1.82) is 0 Å². The number of nitrogens with one attached hydrogen (secondary N) is 4. The minimum atomic E-state index is -0.548. The third-order valence-electron chi connectivity index (χ3n) is 11.7. The number of phenols is 4. The van der Waals surface area contributed by atoms with Crippen LogP contribution in [-0.2, 0) is 6.42 Å². The van der Waals surface area contributed by atoms with E-state index in [1.807, 2.05) is 36.4 Å². The number of amides is 4. The van der Waals surface area contributed by atoms with E-state index < -0.39 is 21.7 Å². The standard InChI is InChI=1S/C18H14N2O2.C17H15N3O4.C14H9Br2N3O4.C13H9Br2N3O2/c21-17-11-10-13-6-4-5-9-15(13)16(17)12-19-20-18(22)14-7-2-1-3-8-14;1-2-4-12-5-3-6-14(16(12)21)11-18-19-17(22)13-7-9-15(10-8-13)20(23)24;15-10-5-9(13(20)12(16)6-10)7-17-18-14(21)8-1-3-11(4-2-8)19(22)23;14-10-4-9(12(19)11(15)5-10)7-17-18-13(20)8-2-1-3-16-6-8/h1-12,21H,(H,20,22);2-3,5-11,21H,1,4H2,(H,19,22);1-7,20H,(H,18,21);1-7,19H,(H,18,20)/b19-12+;18-11+;2*17-7+. The lowest BCUT2D eigenvalue weighted by Gasteiger charge is -2.04. The van der Waals surface area contributed by atoms with Crippen LogP contribution in [0.3, 0.4) is 0 Å². The summed E-state index contributed by atoms with van der Waals surface area (Å²) in [7, 11) is 0. The largest absolute Gasteiger partial charge is 0.507 e. The summed E-state index contributed by atoms with van der Waals surface area (Å²) in [5, 5.41) is 78.0. The Morgan fingerprint density at radius 3 is 1.43 bits per heavy atom. The van der Waals surface area contributed by atoms with Crippen LogP contribution in [0.5, 0.6) is 23.0 Å². The van der Waals surface area contributed by atoms with Crippen LogP contribution >= 0.6 is 63.7 Å². The number of nitro groups is 2. The molecule has 0 aliphatic rings. The maximum absolute atomic E-state index is 11.9. The van der Waals surface area contributed by atoms with Crippen molar-refractivity contribution in [3.8, 4) is 23.0 Å². The highest BCUT2D eigenvalue weighted by atomic mass is 79.9. The van der Waals surface area contributed by atoms with Crippen molar-refractivity contribution in [2.75, 3.05) is 0 Å². The van der Waals surface area contributed by atoms with E-state index in [1.165, 1.54) is 79.6 Å². The number of hydrogen-bond donors (Lipinski definition) is 8. The Morgan fingerprint density at radius 1 is 0.494 bits per heavy atom. The lowest BCUT2D eigenvalue weighted by atomic mass is 10.0. The number of phenolic OH excluding ortho intramolecular Hbond substituents is 4. The molecule has 450 valence electrons. The van der Waals surface area contributed by atoms with Crippen LogP contribution in [0.15, 0.2) is 233 Å². The Kier molecular flexibility index (Phi) is 25.7. The second kappa shape index (κ2) is 33.9. The fourth-order valence-electron chi connectivity index (χ4n) is 7.27. The molecule has 1 aromatic heterocycles. The number of carbonyl (C=O) groups is 4. The summed E-state index contributed by atoms with van der Waals surface area (Å²) in [5.74, 6) is -1.47. The number of aromatic hydroxyl groups is 4. The normalized spacial score (nSPS) is 10.7. The SMILES string of the molecule is C=CCc1cccc(/C=N/NC(=O)c2ccc([N+](=O)[O-])cc2)c1O.O=C(N/N=C/c1c(O)ccc2ccccc12)c1ccccc1.O=C(N/N=C/c1cc(Br)cc(Br)c1O)c1ccc([N+](=O)[O-])cc1.O=C(N/N=C/c1cc(Br)cc(Br)c1O)c1cccnc1. The smallest absolute Gasteiger partial charge is 0.272 e. The summed E-state index contributed by atoms with van der Waals surface area (Å²) in [6.07, 6.45) is 10.6. The lowest BCUT2D eigenvalue weighted by molar-refractivity contribution is -0.385. The number of fused-ring (bicyclic) bond motifs is 1. The van der Waals surface area contributed by atoms with Gasteiger partial charge in [-0.25, -0.2) is 21.7 Å². The number of aromatic nitrogens is 1. The average molecular weight is 1460 g/mol. The number of non-ortho nitro benzene ring substituents is 2. The number of halogens is 4. The first-order valence-corrected chi connectivity index (χ1v) is 28.7. The second-order valence-electron chi connectivity index (χ2n) is 17.7. The van der Waals surface area contributed by atoms with E-state index in [9.17, 15) is 59.8 Å². The molecule has 0 fully saturated rings. The highest BCUT2D eigenvalue weighted by molar-refractivity contribution is 9.11. The first-order chi connectivity index (χ1) is 42.7. The first kappa shape index (κ1) is 67.5. The molecule has 89 heavy (non-hydrogen) atoms. The third-order valence-corrected chi connectivity index (χ3v) is 13.8. The van der Waals surface area contributed by atoms with Crippen LogP contribution in [0, 0.1) is 20.2 Å². The van der Waals surface area contributed by atoms with Gasteiger partial charge < -0.3 is 20.4 Å². The highest BCUT2D eigenvalue weighted by Crippen LogP contribution is 2.32. The fourth-order valence-corrected chi connectivity index (χ4v) is 9.79. The summed E-state index contributed by atoms with van der Waals surface area (Å²) >= 11 is 13.0. The Hall–Kier alpha value is -10.6. The fraction of sp³-hybridized carbons (Fsp3) is 0.0161. The van der Waals surface area contributed by atoms with Gasteiger partial charge in [0.05, 0.1) is 49.2 Å². The van der Waals surface area contributed by atoms with E-state index >= 15 is 0 Å². The van der Waals surface area contributed by atoms with Crippen LogP contribution in [0.4, 0.5) is 11.4 Å².